The standard InChI is InChI=1S/C14H19N3O2S/c1-11-6-7-13(20(18,19)15-2)9-14(11)16-10-12-5-4-8-17(12)3/h4-9,15-16H,10H2,1-3H3. The van der Waals surface area contributed by atoms with Gasteiger partial charge in [-0.15, -0.1) is 0 Å². The van der Waals surface area contributed by atoms with Crippen LogP contribution in [0.25, 0.3) is 0 Å². The summed E-state index contributed by atoms with van der Waals surface area (Å²) in [6, 6.07) is 9.07. The third kappa shape index (κ3) is 3.02. The van der Waals surface area contributed by atoms with Crippen molar-refractivity contribution < 1.29 is 8.42 Å². The van der Waals surface area contributed by atoms with E-state index in [2.05, 4.69) is 10.0 Å². The number of nitrogens with zero attached hydrogens (tertiary/aromatic N) is 1. The van der Waals surface area contributed by atoms with E-state index in [0.717, 1.165) is 16.9 Å². The normalized spacial score (nSPS) is 11.6. The number of benzene rings is 1. The summed E-state index contributed by atoms with van der Waals surface area (Å²) in [5.74, 6) is 0. The molecule has 0 aliphatic carbocycles. The summed E-state index contributed by atoms with van der Waals surface area (Å²) >= 11 is 0. The lowest BCUT2D eigenvalue weighted by Crippen LogP contribution is -2.18. The van der Waals surface area contributed by atoms with E-state index in [1.54, 1.807) is 18.2 Å². The summed E-state index contributed by atoms with van der Waals surface area (Å²) in [7, 11) is -0.0260. The van der Waals surface area contributed by atoms with Crippen LogP contribution in [-0.2, 0) is 23.6 Å². The van der Waals surface area contributed by atoms with Gasteiger partial charge in [0, 0.05) is 24.6 Å². The number of sulfonamides is 1. The van der Waals surface area contributed by atoms with Gasteiger partial charge in [0.25, 0.3) is 0 Å². The Labute approximate surface area is 119 Å². The summed E-state index contributed by atoms with van der Waals surface area (Å²) in [6.07, 6.45) is 1.98. The minimum Gasteiger partial charge on any atom is -0.379 e. The Morgan fingerprint density at radius 1 is 1.25 bits per heavy atom. The van der Waals surface area contributed by atoms with Crippen molar-refractivity contribution >= 4 is 15.7 Å². The molecule has 108 valence electrons. The van der Waals surface area contributed by atoms with Crippen LogP contribution in [0.2, 0.25) is 0 Å². The molecule has 5 nitrogen and oxygen atoms in total. The van der Waals surface area contributed by atoms with Crippen LogP contribution in [0.4, 0.5) is 5.69 Å². The van der Waals surface area contributed by atoms with Gasteiger partial charge in [-0.3, -0.25) is 0 Å². The van der Waals surface area contributed by atoms with Crippen LogP contribution in [0.1, 0.15) is 11.3 Å². The van der Waals surface area contributed by atoms with Crippen LogP contribution in [0.15, 0.2) is 41.4 Å². The molecule has 1 aromatic heterocycles. The summed E-state index contributed by atoms with van der Waals surface area (Å²) in [5.41, 5.74) is 2.96. The zero-order chi connectivity index (χ0) is 14.8. The lowest BCUT2D eigenvalue weighted by atomic mass is 10.2. The van der Waals surface area contributed by atoms with E-state index in [-0.39, 0.29) is 4.90 Å². The summed E-state index contributed by atoms with van der Waals surface area (Å²) in [4.78, 5) is 0.264. The number of rotatable bonds is 5. The highest BCUT2D eigenvalue weighted by molar-refractivity contribution is 7.89. The molecule has 0 aliphatic heterocycles. The van der Waals surface area contributed by atoms with Gasteiger partial charge in [-0.05, 0) is 43.8 Å². The first kappa shape index (κ1) is 14.6. The van der Waals surface area contributed by atoms with Crippen LogP contribution in [0.5, 0.6) is 0 Å². The van der Waals surface area contributed by atoms with E-state index in [9.17, 15) is 8.42 Å². The molecule has 2 rings (SSSR count). The number of hydrogen-bond donors (Lipinski definition) is 2. The Bertz CT molecular complexity index is 705. The van der Waals surface area contributed by atoms with Gasteiger partial charge in [-0.1, -0.05) is 6.07 Å². The fourth-order valence-corrected chi connectivity index (χ4v) is 2.70. The van der Waals surface area contributed by atoms with Gasteiger partial charge in [-0.25, -0.2) is 13.1 Å². The van der Waals surface area contributed by atoms with Crippen LogP contribution < -0.4 is 10.0 Å². The van der Waals surface area contributed by atoms with E-state index in [0.29, 0.717) is 6.54 Å². The maximum atomic E-state index is 11.8. The molecule has 0 spiro atoms. The zero-order valence-electron chi connectivity index (χ0n) is 11.8. The smallest absolute Gasteiger partial charge is 0.240 e. The van der Waals surface area contributed by atoms with Gasteiger partial charge >= 0.3 is 0 Å². The van der Waals surface area contributed by atoms with Crippen LogP contribution in [-0.4, -0.2) is 20.0 Å². The number of hydrogen-bond acceptors (Lipinski definition) is 3. The lowest BCUT2D eigenvalue weighted by molar-refractivity contribution is 0.588. The Kier molecular flexibility index (Phi) is 4.15. The van der Waals surface area contributed by atoms with Crippen molar-refractivity contribution in [2.45, 2.75) is 18.4 Å². The Hall–Kier alpha value is -1.79. The Morgan fingerprint density at radius 3 is 2.60 bits per heavy atom. The molecule has 6 heteroatoms. The average molecular weight is 293 g/mol. The second-order valence-electron chi connectivity index (χ2n) is 4.65. The molecule has 0 aliphatic rings. The van der Waals surface area contributed by atoms with Gasteiger partial charge in [0.2, 0.25) is 10.0 Å². The predicted molar refractivity (Wildman–Crippen MR) is 80.2 cm³/mol. The van der Waals surface area contributed by atoms with Crippen molar-refractivity contribution in [3.8, 4) is 0 Å². The first-order valence-corrected chi connectivity index (χ1v) is 7.80. The second-order valence-corrected chi connectivity index (χ2v) is 6.53. The van der Waals surface area contributed by atoms with E-state index < -0.39 is 10.0 Å². The van der Waals surface area contributed by atoms with E-state index in [1.807, 2.05) is 36.9 Å². The van der Waals surface area contributed by atoms with Crippen molar-refractivity contribution in [2.24, 2.45) is 7.05 Å². The van der Waals surface area contributed by atoms with Crippen molar-refractivity contribution in [2.75, 3.05) is 12.4 Å². The third-order valence-corrected chi connectivity index (χ3v) is 4.71. The van der Waals surface area contributed by atoms with Crippen molar-refractivity contribution in [3.05, 3.63) is 47.8 Å². The monoisotopic (exact) mass is 293 g/mol. The molecule has 0 unspecified atom stereocenters. The molecular formula is C14H19N3O2S. The fourth-order valence-electron chi connectivity index (χ4n) is 1.94. The molecule has 20 heavy (non-hydrogen) atoms. The van der Waals surface area contributed by atoms with Crippen molar-refractivity contribution in [1.29, 1.82) is 0 Å². The van der Waals surface area contributed by atoms with Crippen molar-refractivity contribution in [3.63, 3.8) is 0 Å². The molecule has 2 N–H and O–H groups in total. The van der Waals surface area contributed by atoms with Gasteiger partial charge in [0.05, 0.1) is 11.4 Å². The topological polar surface area (TPSA) is 63.1 Å². The number of anilines is 1. The molecule has 0 saturated heterocycles. The van der Waals surface area contributed by atoms with Crippen LogP contribution in [0.3, 0.4) is 0 Å². The Morgan fingerprint density at radius 2 is 2.00 bits per heavy atom. The number of nitrogens with one attached hydrogen (secondary N) is 2. The summed E-state index contributed by atoms with van der Waals surface area (Å²) in [6.45, 7) is 2.59. The minimum atomic E-state index is -3.41. The zero-order valence-corrected chi connectivity index (χ0v) is 12.7. The molecule has 2 aromatic rings. The van der Waals surface area contributed by atoms with E-state index in [4.69, 9.17) is 0 Å². The van der Waals surface area contributed by atoms with Gasteiger partial charge in [0.1, 0.15) is 0 Å². The SMILES string of the molecule is CNS(=O)(=O)c1ccc(C)c(NCc2cccn2C)c1. The second kappa shape index (κ2) is 5.68. The quantitative estimate of drug-likeness (QED) is 0.884. The van der Waals surface area contributed by atoms with Crippen LogP contribution in [0, 0.1) is 6.92 Å². The molecule has 0 bridgehead atoms. The maximum Gasteiger partial charge on any atom is 0.240 e. The molecular weight excluding hydrogens is 274 g/mol. The first-order valence-electron chi connectivity index (χ1n) is 6.32. The van der Waals surface area contributed by atoms with E-state index in [1.165, 1.54) is 7.05 Å². The largest absolute Gasteiger partial charge is 0.379 e. The third-order valence-electron chi connectivity index (χ3n) is 3.30. The summed E-state index contributed by atoms with van der Waals surface area (Å²) in [5, 5.41) is 3.28. The minimum absolute atomic E-state index is 0.264. The average Bonchev–Trinajstić information content (AvgIpc) is 2.83. The predicted octanol–water partition coefficient (Wildman–Crippen LogP) is 1.85. The molecule has 0 amide bonds. The summed E-state index contributed by atoms with van der Waals surface area (Å²) < 4.78 is 28.0. The molecule has 1 aromatic carbocycles. The van der Waals surface area contributed by atoms with E-state index >= 15 is 0 Å². The lowest BCUT2D eigenvalue weighted by Gasteiger charge is -2.12. The fraction of sp³-hybridized carbons (Fsp3) is 0.286. The van der Waals surface area contributed by atoms with Gasteiger partial charge in [0.15, 0.2) is 0 Å². The molecule has 0 saturated carbocycles. The number of aromatic nitrogens is 1. The molecule has 0 atom stereocenters. The number of aryl methyl sites for hydroxylation is 2. The Balaban J connectivity index is 2.24. The highest BCUT2D eigenvalue weighted by Crippen LogP contribution is 2.20. The maximum absolute atomic E-state index is 11.8. The molecule has 0 fully saturated rings. The highest BCUT2D eigenvalue weighted by Gasteiger charge is 2.12. The van der Waals surface area contributed by atoms with Gasteiger partial charge < -0.3 is 9.88 Å². The first-order chi connectivity index (χ1) is 9.44. The van der Waals surface area contributed by atoms with Crippen LogP contribution >= 0.6 is 0 Å². The highest BCUT2D eigenvalue weighted by atomic mass is 32.2. The van der Waals surface area contributed by atoms with Crippen molar-refractivity contribution in [1.82, 2.24) is 9.29 Å². The van der Waals surface area contributed by atoms with Gasteiger partial charge in [-0.2, -0.15) is 0 Å². The molecule has 0 radical (unpaired) electrons. The molecule has 1 heterocycles.